The molecule has 8 heteroatoms. The van der Waals surface area contributed by atoms with E-state index in [4.69, 9.17) is 9.47 Å². The molecule has 3 heterocycles. The maximum Gasteiger partial charge on any atom is 0.263 e. The van der Waals surface area contributed by atoms with Crippen molar-refractivity contribution in [1.82, 2.24) is 9.55 Å². The van der Waals surface area contributed by atoms with E-state index in [1.165, 1.54) is 35.2 Å². The van der Waals surface area contributed by atoms with Gasteiger partial charge in [-0.25, -0.2) is 9.37 Å². The zero-order valence-electron chi connectivity index (χ0n) is 13.7. The van der Waals surface area contributed by atoms with Crippen molar-refractivity contribution >= 4 is 33.3 Å². The lowest BCUT2D eigenvalue weighted by Crippen LogP contribution is -2.22. The zero-order valence-corrected chi connectivity index (χ0v) is 15.4. The van der Waals surface area contributed by atoms with E-state index in [9.17, 15) is 9.18 Å². The van der Waals surface area contributed by atoms with Crippen molar-refractivity contribution in [3.63, 3.8) is 0 Å². The molecule has 0 saturated carbocycles. The van der Waals surface area contributed by atoms with Crippen LogP contribution >= 0.6 is 23.1 Å². The smallest absolute Gasteiger partial charge is 0.263 e. The average Bonchev–Trinajstić information content (AvgIpc) is 3.11. The molecule has 5 nitrogen and oxygen atoms in total. The minimum atomic E-state index is -0.335. The first-order valence-electron chi connectivity index (χ1n) is 7.91. The molecule has 0 fully saturated rings. The Hall–Kier alpha value is -2.16. The summed E-state index contributed by atoms with van der Waals surface area (Å²) in [6.45, 7) is 4.56. The van der Waals surface area contributed by atoms with Gasteiger partial charge < -0.3 is 9.47 Å². The number of aromatic nitrogens is 2. The highest BCUT2D eigenvalue weighted by Crippen LogP contribution is 2.33. The molecule has 134 valence electrons. The Bertz CT molecular complexity index is 1040. The number of rotatable bonds is 5. The fourth-order valence-corrected chi connectivity index (χ4v) is 4.62. The summed E-state index contributed by atoms with van der Waals surface area (Å²) in [7, 11) is 0. The first kappa shape index (κ1) is 17.3. The van der Waals surface area contributed by atoms with Crippen LogP contribution in [0.5, 0.6) is 5.75 Å². The largest absolute Gasteiger partial charge is 0.467 e. The van der Waals surface area contributed by atoms with Gasteiger partial charge in [0.15, 0.2) is 11.9 Å². The van der Waals surface area contributed by atoms with Crippen molar-refractivity contribution in [3.05, 3.63) is 63.5 Å². The van der Waals surface area contributed by atoms with Crippen molar-refractivity contribution < 1.29 is 13.9 Å². The second-order valence-corrected chi connectivity index (χ2v) is 7.53. The fourth-order valence-electron chi connectivity index (χ4n) is 2.84. The number of benzene rings is 1. The third-order valence-corrected chi connectivity index (χ3v) is 5.80. The number of hydrogen-bond acceptors (Lipinski definition) is 6. The Kier molecular flexibility index (Phi) is 4.80. The van der Waals surface area contributed by atoms with E-state index in [-0.39, 0.29) is 18.2 Å². The van der Waals surface area contributed by atoms with Crippen LogP contribution in [0, 0.1) is 5.82 Å². The van der Waals surface area contributed by atoms with Crippen molar-refractivity contribution in [2.24, 2.45) is 0 Å². The minimum absolute atomic E-state index is 0.0930. The van der Waals surface area contributed by atoms with E-state index >= 15 is 0 Å². The van der Waals surface area contributed by atoms with Crippen LogP contribution in [-0.4, -0.2) is 16.3 Å². The lowest BCUT2D eigenvalue weighted by atomic mass is 10.1. The van der Waals surface area contributed by atoms with Crippen LogP contribution in [0.1, 0.15) is 11.1 Å². The maximum atomic E-state index is 13.9. The summed E-state index contributed by atoms with van der Waals surface area (Å²) < 4.78 is 26.3. The third-order valence-electron chi connectivity index (χ3n) is 3.97. The Labute approximate surface area is 157 Å². The van der Waals surface area contributed by atoms with E-state index in [1.807, 2.05) is 5.38 Å². The lowest BCUT2D eigenvalue weighted by Gasteiger charge is -2.20. The predicted molar refractivity (Wildman–Crippen MR) is 100 cm³/mol. The number of nitrogens with zero attached hydrogens (tertiary/aromatic N) is 2. The number of allylic oxidation sites excluding steroid dienone is 1. The van der Waals surface area contributed by atoms with Gasteiger partial charge in [-0.3, -0.25) is 9.36 Å². The van der Waals surface area contributed by atoms with Crippen LogP contribution in [-0.2, 0) is 23.6 Å². The maximum absolute atomic E-state index is 13.9. The summed E-state index contributed by atoms with van der Waals surface area (Å²) >= 11 is 2.80. The van der Waals surface area contributed by atoms with Crippen molar-refractivity contribution in [2.75, 3.05) is 6.79 Å². The highest BCUT2D eigenvalue weighted by molar-refractivity contribution is 7.98. The number of thioether (sulfide) groups is 1. The Morgan fingerprint density at radius 2 is 2.35 bits per heavy atom. The summed E-state index contributed by atoms with van der Waals surface area (Å²) in [5, 5.41) is 3.03. The minimum Gasteiger partial charge on any atom is -0.467 e. The van der Waals surface area contributed by atoms with Crippen LogP contribution in [0.4, 0.5) is 4.39 Å². The molecule has 4 rings (SSSR count). The standard InChI is InChI=1S/C18H15FN2O3S2/c1-2-4-21-17(22)14-3-5-25-16(14)20-18(21)26-9-12-7-13(19)6-11-8-23-10-24-15(11)12/h2-3,5-7H,1,4,8-10H2. The molecule has 0 N–H and O–H groups in total. The van der Waals surface area contributed by atoms with Gasteiger partial charge in [0.1, 0.15) is 16.4 Å². The van der Waals surface area contributed by atoms with Gasteiger partial charge in [0.05, 0.1) is 12.0 Å². The predicted octanol–water partition coefficient (Wildman–Crippen LogP) is 3.94. The van der Waals surface area contributed by atoms with Gasteiger partial charge in [-0.2, -0.15) is 0 Å². The summed E-state index contributed by atoms with van der Waals surface area (Å²) in [5.41, 5.74) is 1.32. The van der Waals surface area contributed by atoms with Crippen LogP contribution in [0.15, 0.2) is 46.2 Å². The molecule has 1 aromatic carbocycles. The average molecular weight is 390 g/mol. The molecule has 0 aliphatic carbocycles. The topological polar surface area (TPSA) is 53.4 Å². The molecule has 0 bridgehead atoms. The molecule has 0 amide bonds. The molecule has 0 unspecified atom stereocenters. The van der Waals surface area contributed by atoms with Gasteiger partial charge in [0.25, 0.3) is 5.56 Å². The quantitative estimate of drug-likeness (QED) is 0.375. The molecular weight excluding hydrogens is 375 g/mol. The van der Waals surface area contributed by atoms with Crippen molar-refractivity contribution in [3.8, 4) is 5.75 Å². The SMILES string of the molecule is C=CCn1c(SCc2cc(F)cc3c2OCOC3)nc2sccc2c1=O. The van der Waals surface area contributed by atoms with E-state index in [2.05, 4.69) is 11.6 Å². The molecule has 26 heavy (non-hydrogen) atoms. The van der Waals surface area contributed by atoms with Gasteiger partial charge in [-0.15, -0.1) is 17.9 Å². The molecular formula is C18H15FN2O3S2. The Morgan fingerprint density at radius 3 is 3.19 bits per heavy atom. The second-order valence-electron chi connectivity index (χ2n) is 5.69. The normalized spacial score (nSPS) is 13.4. The highest BCUT2D eigenvalue weighted by atomic mass is 32.2. The lowest BCUT2D eigenvalue weighted by molar-refractivity contribution is -0.0171. The number of ether oxygens (including phenoxy) is 2. The van der Waals surface area contributed by atoms with Crippen LogP contribution in [0.2, 0.25) is 0 Å². The van der Waals surface area contributed by atoms with Crippen molar-refractivity contribution in [1.29, 1.82) is 0 Å². The van der Waals surface area contributed by atoms with Gasteiger partial charge in [0, 0.05) is 23.4 Å². The van der Waals surface area contributed by atoms with E-state index in [1.54, 1.807) is 16.7 Å². The van der Waals surface area contributed by atoms with Gasteiger partial charge in [-0.1, -0.05) is 17.8 Å². The summed E-state index contributed by atoms with van der Waals surface area (Å²) in [4.78, 5) is 18.0. The third kappa shape index (κ3) is 3.15. The van der Waals surface area contributed by atoms with Crippen molar-refractivity contribution in [2.45, 2.75) is 24.1 Å². The Morgan fingerprint density at radius 1 is 1.46 bits per heavy atom. The molecule has 0 radical (unpaired) electrons. The fraction of sp³-hybridized carbons (Fsp3) is 0.222. The molecule has 0 spiro atoms. The van der Waals surface area contributed by atoms with Crippen LogP contribution < -0.4 is 10.3 Å². The molecule has 2 aromatic heterocycles. The number of hydrogen-bond donors (Lipinski definition) is 0. The van der Waals surface area contributed by atoms with Gasteiger partial charge >= 0.3 is 0 Å². The van der Waals surface area contributed by atoms with Crippen LogP contribution in [0.3, 0.4) is 0 Å². The van der Waals surface area contributed by atoms with E-state index < -0.39 is 0 Å². The zero-order chi connectivity index (χ0) is 18.1. The van der Waals surface area contributed by atoms with E-state index in [0.29, 0.717) is 45.6 Å². The van der Waals surface area contributed by atoms with E-state index in [0.717, 1.165) is 5.56 Å². The molecule has 0 saturated heterocycles. The highest BCUT2D eigenvalue weighted by Gasteiger charge is 2.18. The van der Waals surface area contributed by atoms with Gasteiger partial charge in [-0.05, 0) is 23.6 Å². The second kappa shape index (κ2) is 7.22. The molecule has 1 aliphatic rings. The summed E-state index contributed by atoms with van der Waals surface area (Å²) in [6, 6.07) is 4.66. The number of halogens is 1. The summed E-state index contributed by atoms with van der Waals surface area (Å²) in [5.74, 6) is 0.749. The van der Waals surface area contributed by atoms with Crippen LogP contribution in [0.25, 0.3) is 10.2 Å². The first-order valence-corrected chi connectivity index (χ1v) is 9.77. The van der Waals surface area contributed by atoms with Gasteiger partial charge in [0.2, 0.25) is 0 Å². The molecule has 0 atom stereocenters. The number of fused-ring (bicyclic) bond motifs is 2. The monoisotopic (exact) mass is 390 g/mol. The molecule has 1 aliphatic heterocycles. The summed E-state index contributed by atoms with van der Waals surface area (Å²) in [6.07, 6.45) is 1.66. The molecule has 3 aromatic rings. The first-order chi connectivity index (χ1) is 12.7. The number of thiophene rings is 1. The Balaban J connectivity index is 1.70.